The Balaban J connectivity index is 1.24. The van der Waals surface area contributed by atoms with E-state index in [1.807, 2.05) is 4.90 Å². The van der Waals surface area contributed by atoms with Crippen LogP contribution in [0.2, 0.25) is 0 Å². The molecular formula is C26H26FN3O4S. The minimum atomic E-state index is -3.39. The summed E-state index contributed by atoms with van der Waals surface area (Å²) in [6.45, 7) is 1.67. The zero-order valence-corrected chi connectivity index (χ0v) is 20.2. The lowest BCUT2D eigenvalue weighted by molar-refractivity contribution is -0.139. The van der Waals surface area contributed by atoms with E-state index in [9.17, 15) is 18.0 Å². The Morgan fingerprint density at radius 3 is 2.46 bits per heavy atom. The van der Waals surface area contributed by atoms with Crippen LogP contribution in [0.3, 0.4) is 0 Å². The van der Waals surface area contributed by atoms with Gasteiger partial charge in [0, 0.05) is 37.7 Å². The summed E-state index contributed by atoms with van der Waals surface area (Å²) < 4.78 is 39.2. The van der Waals surface area contributed by atoms with Gasteiger partial charge in [-0.05, 0) is 61.1 Å². The van der Waals surface area contributed by atoms with Gasteiger partial charge >= 0.3 is 0 Å². The summed E-state index contributed by atoms with van der Waals surface area (Å²) in [7, 11) is -3.39. The molecule has 4 aliphatic rings. The number of amidine groups is 1. The molecule has 0 atom stereocenters. The molecule has 3 fully saturated rings. The maximum atomic E-state index is 15.4. The Labute approximate surface area is 203 Å². The molecule has 2 aromatic carbocycles. The highest BCUT2D eigenvalue weighted by atomic mass is 32.2. The summed E-state index contributed by atoms with van der Waals surface area (Å²) in [6, 6.07) is 11.1. The summed E-state index contributed by atoms with van der Waals surface area (Å²) in [4.78, 5) is 33.7. The van der Waals surface area contributed by atoms with Crippen molar-refractivity contribution in [2.24, 2.45) is 16.8 Å². The number of nitrogens with zero attached hydrogens (tertiary/aromatic N) is 3. The Morgan fingerprint density at radius 2 is 1.83 bits per heavy atom. The van der Waals surface area contributed by atoms with Gasteiger partial charge < -0.3 is 4.90 Å². The summed E-state index contributed by atoms with van der Waals surface area (Å²) in [5.74, 6) is 0.310. The van der Waals surface area contributed by atoms with Crippen molar-refractivity contribution < 1.29 is 22.4 Å². The molecule has 2 amide bonds. The van der Waals surface area contributed by atoms with E-state index in [2.05, 4.69) is 4.99 Å². The number of carbonyl (C=O) groups is 2. The standard InChI is InChI=1S/C26H26FN3O4S/c1-35(33,34)20-4-2-3-18(11-20)19-7-8-21(22(27)12-19)23-28-26(9-10-26)25(32)30(23)15-16-13-29(14-16)24(31)17-5-6-17/h2-4,7-8,11-12,16-17H,5-6,9-10,13-15H2,1H3. The average Bonchev–Trinajstić information content (AvgIpc) is 3.71. The third kappa shape index (κ3) is 3.95. The number of rotatable bonds is 6. The van der Waals surface area contributed by atoms with Crippen LogP contribution in [0.15, 0.2) is 52.4 Å². The quantitative estimate of drug-likeness (QED) is 0.617. The molecular weight excluding hydrogens is 469 g/mol. The van der Waals surface area contributed by atoms with E-state index >= 15 is 4.39 Å². The van der Waals surface area contributed by atoms with Gasteiger partial charge in [-0.3, -0.25) is 19.5 Å². The van der Waals surface area contributed by atoms with Gasteiger partial charge in [-0.1, -0.05) is 18.2 Å². The fraction of sp³-hybridized carbons (Fsp3) is 0.423. The van der Waals surface area contributed by atoms with E-state index in [1.165, 1.54) is 18.2 Å². The molecule has 9 heteroatoms. The van der Waals surface area contributed by atoms with Crippen LogP contribution in [-0.2, 0) is 19.4 Å². The second-order valence-electron chi connectivity index (χ2n) is 10.3. The van der Waals surface area contributed by atoms with Crippen LogP contribution in [0.25, 0.3) is 11.1 Å². The van der Waals surface area contributed by atoms with Crippen LogP contribution in [0, 0.1) is 17.7 Å². The average molecular weight is 496 g/mol. The zero-order valence-electron chi connectivity index (χ0n) is 19.4. The largest absolute Gasteiger partial charge is 0.342 e. The molecule has 0 unspecified atom stereocenters. The first-order chi connectivity index (χ1) is 16.6. The third-order valence-electron chi connectivity index (χ3n) is 7.38. The summed E-state index contributed by atoms with van der Waals surface area (Å²) in [6.07, 6.45) is 4.41. The molecule has 1 spiro atoms. The normalized spacial score (nSPS) is 21.3. The van der Waals surface area contributed by atoms with Crippen LogP contribution in [-0.4, -0.2) is 67.3 Å². The zero-order chi connectivity index (χ0) is 24.5. The van der Waals surface area contributed by atoms with Crippen LogP contribution in [0.1, 0.15) is 31.2 Å². The lowest BCUT2D eigenvalue weighted by Gasteiger charge is -2.41. The Morgan fingerprint density at radius 1 is 1.11 bits per heavy atom. The van der Waals surface area contributed by atoms with Crippen molar-refractivity contribution in [3.05, 3.63) is 53.8 Å². The predicted octanol–water partition coefficient (Wildman–Crippen LogP) is 2.89. The SMILES string of the molecule is CS(=O)(=O)c1cccc(-c2ccc(C3=NC4(CC4)C(=O)N3CC3CN(C(=O)C4CC4)C3)c(F)c2)c1. The molecule has 1 saturated heterocycles. The molecule has 7 nitrogen and oxygen atoms in total. The molecule has 6 rings (SSSR count). The molecule has 35 heavy (non-hydrogen) atoms. The van der Waals surface area contributed by atoms with Gasteiger partial charge in [0.2, 0.25) is 5.91 Å². The van der Waals surface area contributed by atoms with Gasteiger partial charge in [0.1, 0.15) is 17.2 Å². The predicted molar refractivity (Wildman–Crippen MR) is 128 cm³/mol. The van der Waals surface area contributed by atoms with E-state index in [-0.39, 0.29) is 34.1 Å². The highest BCUT2D eigenvalue weighted by Gasteiger charge is 2.58. The number of hydrogen-bond donors (Lipinski definition) is 0. The number of hydrogen-bond acceptors (Lipinski definition) is 5. The van der Waals surface area contributed by atoms with Gasteiger partial charge in [0.25, 0.3) is 5.91 Å². The molecule has 2 saturated carbocycles. The first-order valence-electron chi connectivity index (χ1n) is 12.0. The lowest BCUT2D eigenvalue weighted by Crippen LogP contribution is -2.55. The lowest BCUT2D eigenvalue weighted by atomic mass is 9.97. The molecule has 2 aromatic rings. The molecule has 182 valence electrons. The second-order valence-corrected chi connectivity index (χ2v) is 12.3. The van der Waals surface area contributed by atoms with Crippen molar-refractivity contribution in [3.8, 4) is 11.1 Å². The summed E-state index contributed by atoms with van der Waals surface area (Å²) in [5.41, 5.74) is 0.642. The van der Waals surface area contributed by atoms with E-state index in [0.717, 1.165) is 19.1 Å². The highest BCUT2D eigenvalue weighted by molar-refractivity contribution is 7.90. The summed E-state index contributed by atoms with van der Waals surface area (Å²) in [5, 5.41) is 0. The van der Waals surface area contributed by atoms with Crippen molar-refractivity contribution >= 4 is 27.5 Å². The highest BCUT2D eigenvalue weighted by Crippen LogP contribution is 2.46. The molecule has 2 heterocycles. The van der Waals surface area contributed by atoms with Crippen LogP contribution < -0.4 is 0 Å². The number of carbonyl (C=O) groups excluding carboxylic acids is 2. The number of benzene rings is 2. The van der Waals surface area contributed by atoms with Crippen molar-refractivity contribution in [3.63, 3.8) is 0 Å². The number of likely N-dealkylation sites (tertiary alicyclic amines) is 1. The van der Waals surface area contributed by atoms with Crippen LogP contribution >= 0.6 is 0 Å². The van der Waals surface area contributed by atoms with Crippen molar-refractivity contribution in [1.29, 1.82) is 0 Å². The van der Waals surface area contributed by atoms with Crippen molar-refractivity contribution in [2.45, 2.75) is 36.1 Å². The smallest absolute Gasteiger partial charge is 0.256 e. The van der Waals surface area contributed by atoms with Crippen LogP contribution in [0.4, 0.5) is 4.39 Å². The Hall–Kier alpha value is -3.07. The minimum Gasteiger partial charge on any atom is -0.342 e. The fourth-order valence-electron chi connectivity index (χ4n) is 4.97. The monoisotopic (exact) mass is 495 g/mol. The number of aliphatic imine (C=N–C) groups is 1. The molecule has 0 radical (unpaired) electrons. The van der Waals surface area contributed by atoms with Gasteiger partial charge in [-0.25, -0.2) is 12.8 Å². The van der Waals surface area contributed by atoms with Gasteiger partial charge in [0.15, 0.2) is 9.84 Å². The van der Waals surface area contributed by atoms with E-state index in [0.29, 0.717) is 49.4 Å². The topological polar surface area (TPSA) is 87.1 Å². The van der Waals surface area contributed by atoms with E-state index in [1.54, 1.807) is 29.2 Å². The molecule has 0 aromatic heterocycles. The Kier molecular flexibility index (Phi) is 4.94. The number of amides is 2. The van der Waals surface area contributed by atoms with Crippen LogP contribution in [0.5, 0.6) is 0 Å². The van der Waals surface area contributed by atoms with Crippen molar-refractivity contribution in [2.75, 3.05) is 25.9 Å². The Bertz CT molecular complexity index is 1390. The second kappa shape index (κ2) is 7.71. The van der Waals surface area contributed by atoms with E-state index in [4.69, 9.17) is 0 Å². The van der Waals surface area contributed by atoms with Crippen molar-refractivity contribution in [1.82, 2.24) is 9.80 Å². The molecule has 2 aliphatic carbocycles. The number of sulfone groups is 1. The maximum absolute atomic E-state index is 15.4. The minimum absolute atomic E-state index is 0.0798. The maximum Gasteiger partial charge on any atom is 0.256 e. The molecule has 0 N–H and O–H groups in total. The third-order valence-corrected chi connectivity index (χ3v) is 8.49. The van der Waals surface area contributed by atoms with Gasteiger partial charge in [0.05, 0.1) is 10.5 Å². The molecule has 2 aliphatic heterocycles. The fourth-order valence-corrected chi connectivity index (χ4v) is 5.64. The summed E-state index contributed by atoms with van der Waals surface area (Å²) >= 11 is 0. The number of halogens is 1. The van der Waals surface area contributed by atoms with Gasteiger partial charge in [-0.2, -0.15) is 0 Å². The molecule has 0 bridgehead atoms. The first-order valence-corrected chi connectivity index (χ1v) is 13.8. The van der Waals surface area contributed by atoms with Gasteiger partial charge in [-0.15, -0.1) is 0 Å². The first kappa shape index (κ1) is 22.4. The van der Waals surface area contributed by atoms with E-state index < -0.39 is 21.2 Å².